The summed E-state index contributed by atoms with van der Waals surface area (Å²) >= 11 is 0. The second-order valence-corrected chi connectivity index (χ2v) is 9.92. The molecule has 0 aliphatic carbocycles. The number of carbonyl (C=O) groups excluding carboxylic acids is 3. The van der Waals surface area contributed by atoms with E-state index in [9.17, 15) is 29.3 Å². The molecule has 4 aliphatic rings. The van der Waals surface area contributed by atoms with Crippen molar-refractivity contribution in [3.63, 3.8) is 0 Å². The van der Waals surface area contributed by atoms with Gasteiger partial charge >= 0.3 is 6.03 Å². The summed E-state index contributed by atoms with van der Waals surface area (Å²) in [5, 5.41) is 11.5. The van der Waals surface area contributed by atoms with Crippen molar-refractivity contribution in [1.82, 2.24) is 14.4 Å². The Bertz CT molecular complexity index is 1380. The van der Waals surface area contributed by atoms with Gasteiger partial charge in [-0.05, 0) is 30.0 Å². The van der Waals surface area contributed by atoms with Crippen LogP contribution < -0.4 is 10.5 Å². The van der Waals surface area contributed by atoms with Gasteiger partial charge < -0.3 is 9.47 Å². The molecule has 11 nitrogen and oxygen atoms in total. The van der Waals surface area contributed by atoms with E-state index in [-0.39, 0.29) is 29.5 Å². The molecule has 2 bridgehead atoms. The number of imide groups is 2. The summed E-state index contributed by atoms with van der Waals surface area (Å²) in [6.45, 7) is 0.789. The van der Waals surface area contributed by atoms with Crippen LogP contribution in [-0.4, -0.2) is 63.8 Å². The Balaban J connectivity index is 1.59. The van der Waals surface area contributed by atoms with Crippen LogP contribution in [0.5, 0.6) is 0 Å². The minimum atomic E-state index is -1.63. The van der Waals surface area contributed by atoms with Crippen LogP contribution >= 0.6 is 0 Å². The van der Waals surface area contributed by atoms with Crippen molar-refractivity contribution >= 4 is 29.2 Å². The highest BCUT2D eigenvalue weighted by Crippen LogP contribution is 2.54. The number of nitro groups is 1. The van der Waals surface area contributed by atoms with Gasteiger partial charge in [0, 0.05) is 69.1 Å². The molecule has 4 amide bonds. The topological polar surface area (TPSA) is 126 Å². The van der Waals surface area contributed by atoms with Gasteiger partial charge in [0.25, 0.3) is 11.2 Å². The smallest absolute Gasteiger partial charge is 0.332 e. The summed E-state index contributed by atoms with van der Waals surface area (Å²) in [6, 6.07) is 8.39. The lowest BCUT2D eigenvalue weighted by Crippen LogP contribution is -2.74. The molecule has 2 aromatic rings. The molecule has 11 heteroatoms. The Labute approximate surface area is 199 Å². The third-order valence-electron chi connectivity index (χ3n) is 8.21. The van der Waals surface area contributed by atoms with Gasteiger partial charge in [-0.2, -0.15) is 0 Å². The number of hydrogen-bond acceptors (Lipinski definition) is 7. The van der Waals surface area contributed by atoms with Crippen molar-refractivity contribution in [2.75, 3.05) is 25.5 Å². The Morgan fingerprint density at radius 3 is 2.40 bits per heavy atom. The van der Waals surface area contributed by atoms with Gasteiger partial charge in [-0.1, -0.05) is 6.07 Å². The molecule has 6 rings (SSSR count). The molecule has 1 spiro atoms. The summed E-state index contributed by atoms with van der Waals surface area (Å²) in [7, 11) is 2.71. The first-order chi connectivity index (χ1) is 16.6. The number of hydrogen-bond donors (Lipinski definition) is 0. The molecular weight excluding hydrogens is 454 g/mol. The largest absolute Gasteiger partial charge is 0.366 e. The number of non-ortho nitro benzene ring substituents is 1. The number of aromatic nitrogens is 1. The van der Waals surface area contributed by atoms with Crippen molar-refractivity contribution < 1.29 is 19.3 Å². The quantitative estimate of drug-likeness (QED) is 0.345. The number of carbonyl (C=O) groups is 3. The maximum absolute atomic E-state index is 13.9. The van der Waals surface area contributed by atoms with E-state index >= 15 is 0 Å². The van der Waals surface area contributed by atoms with Crippen molar-refractivity contribution in [1.29, 1.82) is 0 Å². The number of pyridine rings is 1. The van der Waals surface area contributed by atoms with Crippen LogP contribution in [0.1, 0.15) is 23.6 Å². The second kappa shape index (κ2) is 7.00. The Morgan fingerprint density at radius 2 is 1.71 bits per heavy atom. The van der Waals surface area contributed by atoms with Crippen LogP contribution in [0.15, 0.2) is 41.2 Å². The number of rotatable bonds is 1. The van der Waals surface area contributed by atoms with Gasteiger partial charge in [0.1, 0.15) is 0 Å². The molecule has 1 aromatic heterocycles. The van der Waals surface area contributed by atoms with E-state index in [2.05, 4.69) is 0 Å². The standard InChI is InChI=1S/C24H23N5O6/c1-25-21(31)24(22(32)26(2)23(25)33)10-13-9-16(29(34)35)6-7-18(13)28-11-14-8-15(20(24)28)12-27-17(14)4-3-5-19(27)30/h3-7,9,14-15,20H,8,10-12H2,1-2H3/t14-,15-,20+/m1/s1. The second-order valence-electron chi connectivity index (χ2n) is 9.92. The number of nitrogens with zero attached hydrogens (tertiary/aromatic N) is 5. The highest BCUT2D eigenvalue weighted by molar-refractivity contribution is 6.20. The van der Waals surface area contributed by atoms with E-state index in [0.29, 0.717) is 25.1 Å². The molecule has 1 aromatic carbocycles. The van der Waals surface area contributed by atoms with Gasteiger partial charge in [-0.3, -0.25) is 34.3 Å². The first-order valence-corrected chi connectivity index (χ1v) is 11.5. The van der Waals surface area contributed by atoms with Crippen LogP contribution in [0.2, 0.25) is 0 Å². The summed E-state index contributed by atoms with van der Waals surface area (Å²) in [5.74, 6) is -1.44. The molecule has 0 radical (unpaired) electrons. The fourth-order valence-electron chi connectivity index (χ4n) is 6.81. The predicted octanol–water partition coefficient (Wildman–Crippen LogP) is 1.34. The van der Waals surface area contributed by atoms with E-state index in [1.807, 2.05) is 11.0 Å². The van der Waals surface area contributed by atoms with E-state index in [4.69, 9.17) is 0 Å². The van der Waals surface area contributed by atoms with Gasteiger partial charge in [-0.25, -0.2) is 4.79 Å². The molecule has 0 saturated carbocycles. The molecular formula is C24H23N5O6. The van der Waals surface area contributed by atoms with Crippen LogP contribution in [0.4, 0.5) is 16.2 Å². The zero-order chi connectivity index (χ0) is 24.8. The minimum absolute atomic E-state index is 0.0111. The number of anilines is 1. The third kappa shape index (κ3) is 2.66. The molecule has 180 valence electrons. The highest BCUT2D eigenvalue weighted by Gasteiger charge is 2.66. The summed E-state index contributed by atoms with van der Waals surface area (Å²) in [5.41, 5.74) is 0.290. The third-order valence-corrected chi connectivity index (χ3v) is 8.21. The lowest BCUT2D eigenvalue weighted by molar-refractivity contribution is -0.384. The zero-order valence-electron chi connectivity index (χ0n) is 19.2. The van der Waals surface area contributed by atoms with Crippen LogP contribution in [-0.2, 0) is 22.6 Å². The molecule has 2 saturated heterocycles. The van der Waals surface area contributed by atoms with Crippen molar-refractivity contribution in [2.24, 2.45) is 11.3 Å². The fourth-order valence-corrected chi connectivity index (χ4v) is 6.81. The van der Waals surface area contributed by atoms with Crippen LogP contribution in [0, 0.1) is 21.4 Å². The van der Waals surface area contributed by atoms with E-state index in [1.54, 1.807) is 16.7 Å². The van der Waals surface area contributed by atoms with Gasteiger partial charge in [0.05, 0.1) is 11.0 Å². The zero-order valence-corrected chi connectivity index (χ0v) is 19.2. The van der Waals surface area contributed by atoms with E-state index in [0.717, 1.165) is 21.2 Å². The maximum atomic E-state index is 13.9. The molecule has 0 unspecified atom stereocenters. The number of barbiturate groups is 1. The van der Waals surface area contributed by atoms with Gasteiger partial charge in [0.15, 0.2) is 5.41 Å². The summed E-state index contributed by atoms with van der Waals surface area (Å²) in [6.07, 6.45) is 0.638. The Hall–Kier alpha value is -4.02. The summed E-state index contributed by atoms with van der Waals surface area (Å²) < 4.78 is 1.73. The van der Waals surface area contributed by atoms with Crippen molar-refractivity contribution in [3.8, 4) is 0 Å². The first kappa shape index (κ1) is 21.5. The van der Waals surface area contributed by atoms with Gasteiger partial charge in [-0.15, -0.1) is 0 Å². The Morgan fingerprint density at radius 1 is 1.00 bits per heavy atom. The lowest BCUT2D eigenvalue weighted by atomic mass is 9.60. The predicted molar refractivity (Wildman–Crippen MR) is 123 cm³/mol. The van der Waals surface area contributed by atoms with E-state index in [1.165, 1.54) is 32.3 Å². The van der Waals surface area contributed by atoms with Crippen LogP contribution in [0.25, 0.3) is 0 Å². The molecule has 2 fully saturated rings. The number of urea groups is 1. The fraction of sp³-hybridized carbons (Fsp3) is 0.417. The molecule has 5 heterocycles. The van der Waals surface area contributed by atoms with Crippen LogP contribution in [0.3, 0.4) is 0 Å². The number of amides is 4. The monoisotopic (exact) mass is 477 g/mol. The Kier molecular flexibility index (Phi) is 4.30. The number of benzene rings is 1. The maximum Gasteiger partial charge on any atom is 0.332 e. The van der Waals surface area contributed by atoms with E-state index < -0.39 is 34.2 Å². The normalized spacial score (nSPS) is 26.4. The number of nitro benzene ring substituents is 1. The molecule has 0 N–H and O–H groups in total. The highest BCUT2D eigenvalue weighted by atomic mass is 16.6. The average Bonchev–Trinajstić information content (AvgIpc) is 2.85. The SMILES string of the molecule is CN1C(=O)N(C)C(=O)C2(Cc3cc([N+](=O)[O-])ccc3N3C[C@H]4C[C@H](Cn5c4cccc5=O)[C@H]32)C1=O. The summed E-state index contributed by atoms with van der Waals surface area (Å²) in [4.78, 5) is 68.0. The number of fused-ring (bicyclic) bond motifs is 9. The average molecular weight is 477 g/mol. The van der Waals surface area contributed by atoms with Gasteiger partial charge in [0.2, 0.25) is 11.8 Å². The molecule has 35 heavy (non-hydrogen) atoms. The van der Waals surface area contributed by atoms with Crippen molar-refractivity contribution in [2.45, 2.75) is 31.3 Å². The molecule has 3 atom stereocenters. The van der Waals surface area contributed by atoms with Crippen molar-refractivity contribution in [3.05, 3.63) is 68.1 Å². The molecule has 4 aliphatic heterocycles. The number of piperidine rings is 1. The minimum Gasteiger partial charge on any atom is -0.366 e. The first-order valence-electron chi connectivity index (χ1n) is 11.5. The lowest BCUT2D eigenvalue weighted by Gasteiger charge is -2.59.